The van der Waals surface area contributed by atoms with Crippen molar-refractivity contribution in [2.75, 3.05) is 6.54 Å². The van der Waals surface area contributed by atoms with Crippen molar-refractivity contribution < 1.29 is 0 Å². The van der Waals surface area contributed by atoms with Gasteiger partial charge in [0.25, 0.3) is 0 Å². The number of halogens is 3. The molecule has 0 aliphatic carbocycles. The second-order valence-electron chi connectivity index (χ2n) is 0.289. The molecule has 0 aromatic rings. The molecule has 0 saturated carbocycles. The van der Waals surface area contributed by atoms with Crippen LogP contribution in [-0.2, 0) is 0 Å². The summed E-state index contributed by atoms with van der Waals surface area (Å²) in [5.41, 5.74) is 4.74. The first-order valence-electron chi connectivity index (χ1n) is 0.908. The zero-order chi connectivity index (χ0) is 2.71. The van der Waals surface area contributed by atoms with Crippen LogP contribution < -0.4 is 5.73 Å². The molecule has 0 fully saturated rings. The van der Waals surface area contributed by atoms with Gasteiger partial charge in [-0.2, -0.15) is 0 Å². The van der Waals surface area contributed by atoms with Crippen molar-refractivity contribution in [2.45, 2.75) is 0 Å². The van der Waals surface area contributed by atoms with Gasteiger partial charge in [0, 0.05) is 0 Å². The second kappa shape index (κ2) is 40.6. The summed E-state index contributed by atoms with van der Waals surface area (Å²) in [5.74, 6) is 0. The molecule has 0 unspecified atom stereocenters. The lowest BCUT2D eigenvalue weighted by atomic mass is 10.8. The molecule has 0 spiro atoms. The summed E-state index contributed by atoms with van der Waals surface area (Å²) in [6.07, 6.45) is 0. The number of rotatable bonds is 0. The zero-order valence-electron chi connectivity index (χ0n) is 3.22. The molecule has 0 aliphatic rings. The molecule has 4 heteroatoms. The molecular formula is C2H9Cl3N. The largest absolute Gasteiger partial charge is 0.330 e. The third kappa shape index (κ3) is 103. The molecule has 0 bridgehead atoms. The average Bonchev–Trinajstić information content (AvgIpc) is 0.918. The molecule has 6 heavy (non-hydrogen) atoms. The Morgan fingerprint density at radius 1 is 1.17 bits per heavy atom. The summed E-state index contributed by atoms with van der Waals surface area (Å²) < 4.78 is 0. The maximum atomic E-state index is 4.74. The lowest BCUT2D eigenvalue weighted by Crippen LogP contribution is -1.88. The Morgan fingerprint density at radius 3 is 1.17 bits per heavy atom. The van der Waals surface area contributed by atoms with Gasteiger partial charge in [-0.1, -0.05) is 0 Å². The molecule has 0 rings (SSSR count). The Bertz CT molecular complexity index is 8.75. The number of hydrogen-bond donors (Lipinski definition) is 1. The van der Waals surface area contributed by atoms with Gasteiger partial charge in [0.15, 0.2) is 0 Å². The Kier molecular flexibility index (Phi) is 196. The van der Waals surface area contributed by atoms with Crippen LogP contribution in [0, 0.1) is 6.92 Å². The standard InChI is InChI=1S/C2H6N.3ClH/c1-2-3;;;/h1-3H2;3*1H. The Hall–Kier alpha value is 0.830. The van der Waals surface area contributed by atoms with E-state index in [4.69, 9.17) is 5.73 Å². The van der Waals surface area contributed by atoms with Crippen LogP contribution >= 0.6 is 37.2 Å². The molecule has 0 atom stereocenters. The van der Waals surface area contributed by atoms with Crippen molar-refractivity contribution in [3.8, 4) is 0 Å². The fourth-order valence-corrected chi connectivity index (χ4v) is 0. The highest BCUT2D eigenvalue weighted by atomic mass is 35.5. The quantitative estimate of drug-likeness (QED) is 0.553. The van der Waals surface area contributed by atoms with Crippen LogP contribution in [0.4, 0.5) is 0 Å². The Labute approximate surface area is 56.9 Å². The van der Waals surface area contributed by atoms with Gasteiger partial charge in [-0.3, -0.25) is 0 Å². The fourth-order valence-electron chi connectivity index (χ4n) is 0. The maximum absolute atomic E-state index is 4.74. The fraction of sp³-hybridized carbons (Fsp3) is 0.500. The molecule has 0 heterocycles. The monoisotopic (exact) mass is 152 g/mol. The van der Waals surface area contributed by atoms with E-state index in [2.05, 4.69) is 6.92 Å². The Balaban J connectivity index is -0.00000000667. The van der Waals surface area contributed by atoms with E-state index < -0.39 is 0 Å². The highest BCUT2D eigenvalue weighted by Crippen LogP contribution is 1.17. The number of nitrogens with two attached hydrogens (primary N) is 1. The first kappa shape index (κ1) is 29.0. The predicted molar refractivity (Wildman–Crippen MR) is 36.2 cm³/mol. The first-order valence-corrected chi connectivity index (χ1v) is 0.908. The van der Waals surface area contributed by atoms with Crippen LogP contribution in [0.5, 0.6) is 0 Å². The molecule has 1 radical (unpaired) electrons. The zero-order valence-corrected chi connectivity index (χ0v) is 5.67. The predicted octanol–water partition coefficient (Wildman–Crippen LogP) is 1.04. The van der Waals surface area contributed by atoms with E-state index in [1.165, 1.54) is 0 Å². The normalized spacial score (nSPS) is 3.00. The Morgan fingerprint density at radius 2 is 1.17 bits per heavy atom. The molecule has 0 amide bonds. The minimum Gasteiger partial charge on any atom is -0.330 e. The van der Waals surface area contributed by atoms with Crippen LogP contribution in [0.1, 0.15) is 0 Å². The molecule has 0 saturated heterocycles. The lowest BCUT2D eigenvalue weighted by molar-refractivity contribution is 1.26. The van der Waals surface area contributed by atoms with Crippen LogP contribution in [0.25, 0.3) is 0 Å². The summed E-state index contributed by atoms with van der Waals surface area (Å²) in [6, 6.07) is 0. The second-order valence-corrected chi connectivity index (χ2v) is 0.289. The van der Waals surface area contributed by atoms with E-state index >= 15 is 0 Å². The molecule has 0 aliphatic heterocycles. The van der Waals surface area contributed by atoms with Gasteiger partial charge in [0.2, 0.25) is 0 Å². The molecule has 1 nitrogen and oxygen atoms in total. The summed E-state index contributed by atoms with van der Waals surface area (Å²) in [5, 5.41) is 0. The molecule has 2 N–H and O–H groups in total. The van der Waals surface area contributed by atoms with Gasteiger partial charge < -0.3 is 5.73 Å². The first-order chi connectivity index (χ1) is 1.41. The maximum Gasteiger partial charge on any atom is -0.00768 e. The smallest absolute Gasteiger partial charge is 0.00768 e. The third-order valence-corrected chi connectivity index (χ3v) is 0. The van der Waals surface area contributed by atoms with Gasteiger partial charge in [-0.15, -0.1) is 37.2 Å². The molecule has 0 aromatic heterocycles. The summed E-state index contributed by atoms with van der Waals surface area (Å²) in [4.78, 5) is 0. The summed E-state index contributed by atoms with van der Waals surface area (Å²) >= 11 is 0. The van der Waals surface area contributed by atoms with Crippen molar-refractivity contribution in [3.05, 3.63) is 6.92 Å². The highest BCUT2D eigenvalue weighted by molar-refractivity contribution is 5.86. The minimum atomic E-state index is 0. The van der Waals surface area contributed by atoms with E-state index in [9.17, 15) is 0 Å². The van der Waals surface area contributed by atoms with Crippen molar-refractivity contribution in [1.29, 1.82) is 0 Å². The van der Waals surface area contributed by atoms with Crippen molar-refractivity contribution in [1.82, 2.24) is 0 Å². The lowest BCUT2D eigenvalue weighted by Gasteiger charge is -1.52. The van der Waals surface area contributed by atoms with Gasteiger partial charge in [0.05, 0.1) is 0 Å². The SMILES string of the molecule is Cl.Cl.Cl.[CH2]CN. The van der Waals surface area contributed by atoms with Crippen LogP contribution in [-0.4, -0.2) is 6.54 Å². The van der Waals surface area contributed by atoms with E-state index in [-0.39, 0.29) is 37.2 Å². The van der Waals surface area contributed by atoms with Crippen LogP contribution in [0.2, 0.25) is 0 Å². The van der Waals surface area contributed by atoms with Gasteiger partial charge in [0.1, 0.15) is 0 Å². The third-order valence-electron chi connectivity index (χ3n) is 0. The topological polar surface area (TPSA) is 26.0 Å². The van der Waals surface area contributed by atoms with Crippen LogP contribution in [0.3, 0.4) is 0 Å². The van der Waals surface area contributed by atoms with E-state index in [1.54, 1.807) is 0 Å². The van der Waals surface area contributed by atoms with Gasteiger partial charge in [-0.25, -0.2) is 0 Å². The molecule has 0 aromatic carbocycles. The van der Waals surface area contributed by atoms with Gasteiger partial charge >= 0.3 is 0 Å². The van der Waals surface area contributed by atoms with E-state index in [0.29, 0.717) is 6.54 Å². The molecule has 43 valence electrons. The minimum absolute atomic E-state index is 0. The van der Waals surface area contributed by atoms with Crippen molar-refractivity contribution in [2.24, 2.45) is 5.73 Å². The highest BCUT2D eigenvalue weighted by Gasteiger charge is 1.33. The molecular weight excluding hydrogens is 144 g/mol. The van der Waals surface area contributed by atoms with E-state index in [0.717, 1.165) is 0 Å². The van der Waals surface area contributed by atoms with Crippen molar-refractivity contribution >= 4 is 37.2 Å². The average molecular weight is 153 g/mol. The van der Waals surface area contributed by atoms with Gasteiger partial charge in [-0.05, 0) is 13.5 Å². The van der Waals surface area contributed by atoms with E-state index in [1.807, 2.05) is 0 Å². The summed E-state index contributed by atoms with van der Waals surface area (Å²) in [7, 11) is 0. The van der Waals surface area contributed by atoms with Crippen molar-refractivity contribution in [3.63, 3.8) is 0 Å². The van der Waals surface area contributed by atoms with Crippen LogP contribution in [0.15, 0.2) is 0 Å². The summed E-state index contributed by atoms with van der Waals surface area (Å²) in [6.45, 7) is 3.76. The number of hydrogen-bond acceptors (Lipinski definition) is 1.